The molecule has 2 nitrogen and oxygen atoms in total. The molecule has 4 heteroatoms. The van der Waals surface area contributed by atoms with Crippen molar-refractivity contribution in [3.05, 3.63) is 45.4 Å². The van der Waals surface area contributed by atoms with Crippen molar-refractivity contribution in [2.24, 2.45) is 0 Å². The highest BCUT2D eigenvalue weighted by Crippen LogP contribution is 2.31. The zero-order valence-electron chi connectivity index (χ0n) is 14.0. The fourth-order valence-corrected chi connectivity index (χ4v) is 3.95. The second-order valence-electron chi connectivity index (χ2n) is 7.13. The number of rotatable bonds is 5. The summed E-state index contributed by atoms with van der Waals surface area (Å²) in [5, 5.41) is 5.28. The van der Waals surface area contributed by atoms with Crippen molar-refractivity contribution >= 4 is 35.0 Å². The van der Waals surface area contributed by atoms with E-state index in [9.17, 15) is 0 Å². The molecule has 2 heterocycles. The molecular formula is C18H24N2S2. The highest BCUT2D eigenvalue weighted by molar-refractivity contribution is 7.10. The molecule has 0 unspecified atom stereocenters. The first-order valence-corrected chi connectivity index (χ1v) is 9.15. The molecule has 118 valence electrons. The summed E-state index contributed by atoms with van der Waals surface area (Å²) in [7, 11) is 0. The van der Waals surface area contributed by atoms with Crippen LogP contribution in [0.5, 0.6) is 0 Å². The smallest absolute Gasteiger partial charge is 0.115 e. The summed E-state index contributed by atoms with van der Waals surface area (Å²) in [5.41, 5.74) is 3.70. The fourth-order valence-electron chi connectivity index (χ4n) is 2.19. The highest BCUT2D eigenvalue weighted by atomic mass is 32.1. The van der Waals surface area contributed by atoms with Gasteiger partial charge in [-0.25, -0.2) is 4.98 Å². The van der Waals surface area contributed by atoms with Crippen LogP contribution in [-0.4, -0.2) is 9.36 Å². The lowest BCUT2D eigenvalue weighted by Crippen LogP contribution is -2.16. The second kappa shape index (κ2) is 6.47. The Morgan fingerprint density at radius 2 is 1.91 bits per heavy atom. The maximum Gasteiger partial charge on any atom is 0.115 e. The van der Waals surface area contributed by atoms with Gasteiger partial charge in [0.15, 0.2) is 0 Å². The van der Waals surface area contributed by atoms with Crippen molar-refractivity contribution in [1.29, 1.82) is 0 Å². The number of hydrogen-bond acceptors (Lipinski definition) is 4. The summed E-state index contributed by atoms with van der Waals surface area (Å²) in [6, 6.07) is 0. The van der Waals surface area contributed by atoms with Gasteiger partial charge in [0, 0.05) is 16.2 Å². The van der Waals surface area contributed by atoms with Crippen molar-refractivity contribution < 1.29 is 0 Å². The van der Waals surface area contributed by atoms with Gasteiger partial charge in [-0.15, -0.1) is 11.3 Å². The Morgan fingerprint density at radius 1 is 1.18 bits per heavy atom. The topological polar surface area (TPSA) is 25.8 Å². The summed E-state index contributed by atoms with van der Waals surface area (Å²) in [5.74, 6) is 0. The lowest BCUT2D eigenvalue weighted by atomic mass is 9.85. The van der Waals surface area contributed by atoms with Crippen LogP contribution in [-0.2, 0) is 10.8 Å². The molecule has 0 amide bonds. The molecule has 2 aromatic rings. The Kier molecular flexibility index (Phi) is 5.03. The van der Waals surface area contributed by atoms with E-state index in [4.69, 9.17) is 0 Å². The van der Waals surface area contributed by atoms with Crippen molar-refractivity contribution in [1.82, 2.24) is 9.36 Å². The predicted octanol–water partition coefficient (Wildman–Crippen LogP) is 5.92. The van der Waals surface area contributed by atoms with E-state index in [1.165, 1.54) is 17.1 Å². The fraction of sp³-hybridized carbons (Fsp3) is 0.444. The minimum atomic E-state index is 0.0200. The maximum atomic E-state index is 4.63. The van der Waals surface area contributed by atoms with E-state index in [0.29, 0.717) is 0 Å². The first-order chi connectivity index (χ1) is 10.2. The van der Waals surface area contributed by atoms with Gasteiger partial charge < -0.3 is 0 Å². The number of aromatic nitrogens is 2. The summed E-state index contributed by atoms with van der Waals surface area (Å²) in [6.45, 7) is 14.9. The molecule has 0 aliphatic carbocycles. The average molecular weight is 333 g/mol. The van der Waals surface area contributed by atoms with E-state index in [1.54, 1.807) is 11.3 Å². The van der Waals surface area contributed by atoms with Crippen LogP contribution in [0.1, 0.15) is 63.0 Å². The van der Waals surface area contributed by atoms with E-state index in [0.717, 1.165) is 22.8 Å². The zero-order valence-corrected chi connectivity index (χ0v) is 15.6. The van der Waals surface area contributed by atoms with Crippen molar-refractivity contribution in [3.63, 3.8) is 0 Å². The van der Waals surface area contributed by atoms with E-state index >= 15 is 0 Å². The molecule has 0 spiro atoms. The van der Waals surface area contributed by atoms with E-state index < -0.39 is 0 Å². The molecule has 0 aliphatic rings. The normalized spacial score (nSPS) is 13.0. The Hall–Kier alpha value is -1.26. The minimum absolute atomic E-state index is 0.0200. The standard InChI is InChI=1S/C18H24N2S2/c1-7-16-19-15(12-21-16)18(5,6)10-8-9-14-13(11-22-20-14)17(2,3)4/h7-9,11-12H,1,10H2,2-6H3/b9-8-. The first kappa shape index (κ1) is 17.1. The summed E-state index contributed by atoms with van der Waals surface area (Å²) in [4.78, 5) is 4.63. The van der Waals surface area contributed by atoms with Crippen molar-refractivity contribution in [2.45, 2.75) is 51.9 Å². The summed E-state index contributed by atoms with van der Waals surface area (Å²) < 4.78 is 4.52. The lowest BCUT2D eigenvalue weighted by Gasteiger charge is -2.20. The van der Waals surface area contributed by atoms with Gasteiger partial charge in [-0.1, -0.05) is 47.3 Å². The summed E-state index contributed by atoms with van der Waals surface area (Å²) >= 11 is 3.18. The van der Waals surface area contributed by atoms with Gasteiger partial charge in [0.05, 0.1) is 11.4 Å². The molecule has 0 fully saturated rings. The first-order valence-electron chi connectivity index (χ1n) is 7.44. The molecule has 0 saturated heterocycles. The Morgan fingerprint density at radius 3 is 2.50 bits per heavy atom. The van der Waals surface area contributed by atoms with Gasteiger partial charge in [-0.3, -0.25) is 0 Å². The van der Waals surface area contributed by atoms with Crippen LogP contribution in [0.2, 0.25) is 0 Å². The van der Waals surface area contributed by atoms with E-state index in [2.05, 4.69) is 73.5 Å². The molecule has 0 atom stereocenters. The third-order valence-electron chi connectivity index (χ3n) is 3.70. The molecule has 0 radical (unpaired) electrons. The number of hydrogen-bond donors (Lipinski definition) is 0. The van der Waals surface area contributed by atoms with Crippen LogP contribution in [0.3, 0.4) is 0 Å². The zero-order chi connectivity index (χ0) is 16.4. The van der Waals surface area contributed by atoms with Crippen LogP contribution in [0.4, 0.5) is 0 Å². The Labute approximate surface area is 141 Å². The Balaban J connectivity index is 2.12. The van der Waals surface area contributed by atoms with Gasteiger partial charge in [-0.2, -0.15) is 4.37 Å². The molecular weight excluding hydrogens is 308 g/mol. The SMILES string of the molecule is C=Cc1nc(C(C)(C)C/C=C\c2nscc2C(C)(C)C)cs1. The lowest BCUT2D eigenvalue weighted by molar-refractivity contribution is 0.520. The Bertz CT molecular complexity index is 669. The van der Waals surface area contributed by atoms with Crippen molar-refractivity contribution in [2.75, 3.05) is 0 Å². The van der Waals surface area contributed by atoms with Gasteiger partial charge in [0.2, 0.25) is 0 Å². The van der Waals surface area contributed by atoms with Crippen LogP contribution in [0.15, 0.2) is 23.4 Å². The second-order valence-corrected chi connectivity index (χ2v) is 8.65. The van der Waals surface area contributed by atoms with Crippen LogP contribution >= 0.6 is 22.9 Å². The number of allylic oxidation sites excluding steroid dienone is 1. The molecule has 0 aromatic carbocycles. The summed E-state index contributed by atoms with van der Waals surface area (Å²) in [6.07, 6.45) is 7.12. The quantitative estimate of drug-likeness (QED) is 0.679. The third-order valence-corrected chi connectivity index (χ3v) is 5.18. The average Bonchev–Trinajstić information content (AvgIpc) is 3.06. The molecule has 0 bridgehead atoms. The van der Waals surface area contributed by atoms with E-state index in [1.807, 2.05) is 6.08 Å². The van der Waals surface area contributed by atoms with Crippen LogP contribution < -0.4 is 0 Å². The number of thiazole rings is 1. The van der Waals surface area contributed by atoms with Crippen LogP contribution in [0, 0.1) is 0 Å². The minimum Gasteiger partial charge on any atom is -0.241 e. The molecule has 0 aliphatic heterocycles. The molecule has 2 rings (SSSR count). The molecule has 2 aromatic heterocycles. The van der Waals surface area contributed by atoms with Gasteiger partial charge in [-0.05, 0) is 41.1 Å². The van der Waals surface area contributed by atoms with Gasteiger partial charge in [0.1, 0.15) is 5.01 Å². The predicted molar refractivity (Wildman–Crippen MR) is 99.7 cm³/mol. The molecule has 22 heavy (non-hydrogen) atoms. The number of nitrogens with zero attached hydrogens (tertiary/aromatic N) is 2. The van der Waals surface area contributed by atoms with E-state index in [-0.39, 0.29) is 10.8 Å². The molecule has 0 N–H and O–H groups in total. The van der Waals surface area contributed by atoms with Gasteiger partial charge >= 0.3 is 0 Å². The van der Waals surface area contributed by atoms with Crippen molar-refractivity contribution in [3.8, 4) is 0 Å². The van der Waals surface area contributed by atoms with Crippen LogP contribution in [0.25, 0.3) is 12.2 Å². The maximum absolute atomic E-state index is 4.63. The third kappa shape index (κ3) is 3.93. The monoisotopic (exact) mass is 332 g/mol. The molecule has 0 saturated carbocycles. The van der Waals surface area contributed by atoms with Gasteiger partial charge in [0.25, 0.3) is 0 Å². The largest absolute Gasteiger partial charge is 0.241 e. The highest BCUT2D eigenvalue weighted by Gasteiger charge is 2.23.